The Morgan fingerprint density at radius 1 is 1.15 bits per heavy atom. The number of rotatable bonds is 5. The summed E-state index contributed by atoms with van der Waals surface area (Å²) >= 11 is 3.40. The number of carboxylic acids is 1. The molecule has 0 saturated carbocycles. The second-order valence-electron chi connectivity index (χ2n) is 4.35. The van der Waals surface area contributed by atoms with Gasteiger partial charge < -0.3 is 9.84 Å². The second kappa shape index (κ2) is 6.20. The van der Waals surface area contributed by atoms with Gasteiger partial charge in [-0.1, -0.05) is 70.5 Å². The predicted molar refractivity (Wildman–Crippen MR) is 80.9 cm³/mol. The van der Waals surface area contributed by atoms with Crippen LogP contribution >= 0.6 is 15.9 Å². The highest BCUT2D eigenvalue weighted by molar-refractivity contribution is 9.08. The molecule has 0 aliphatic heterocycles. The van der Waals surface area contributed by atoms with E-state index in [0.29, 0.717) is 16.5 Å². The number of carboxylic acid groups (broad SMARTS) is 1. The number of hydrogen-bond acceptors (Lipinski definition) is 2. The van der Waals surface area contributed by atoms with Crippen LogP contribution in [0.5, 0.6) is 0 Å². The zero-order chi connectivity index (χ0) is 14.6. The summed E-state index contributed by atoms with van der Waals surface area (Å²) in [6, 6.07) is 16.4. The average Bonchev–Trinajstić information content (AvgIpc) is 2.50. The second-order valence-corrected chi connectivity index (χ2v) is 4.91. The van der Waals surface area contributed by atoms with Gasteiger partial charge in [0.2, 0.25) is 5.60 Å². The van der Waals surface area contributed by atoms with Crippen molar-refractivity contribution in [1.29, 1.82) is 0 Å². The predicted octanol–water partition coefficient (Wildman–Crippen LogP) is 3.56. The van der Waals surface area contributed by atoms with Crippen molar-refractivity contribution < 1.29 is 14.6 Å². The van der Waals surface area contributed by atoms with Crippen LogP contribution in [0.15, 0.2) is 54.6 Å². The van der Waals surface area contributed by atoms with E-state index < -0.39 is 11.6 Å². The molecule has 0 heterocycles. The number of benzene rings is 2. The fourth-order valence-corrected chi connectivity index (χ4v) is 2.85. The molecule has 0 aromatic heterocycles. The molecule has 2 aromatic carbocycles. The van der Waals surface area contributed by atoms with E-state index in [1.807, 2.05) is 36.4 Å². The van der Waals surface area contributed by atoms with Crippen molar-refractivity contribution >= 4 is 21.9 Å². The molecule has 1 unspecified atom stereocenters. The Morgan fingerprint density at radius 2 is 1.75 bits per heavy atom. The van der Waals surface area contributed by atoms with E-state index in [0.717, 1.165) is 5.56 Å². The van der Waals surface area contributed by atoms with Crippen LogP contribution in [0.3, 0.4) is 0 Å². The molecule has 0 bridgehead atoms. The van der Waals surface area contributed by atoms with E-state index in [2.05, 4.69) is 15.9 Å². The summed E-state index contributed by atoms with van der Waals surface area (Å²) in [6.45, 7) is 0. The maximum atomic E-state index is 12.0. The van der Waals surface area contributed by atoms with Crippen molar-refractivity contribution in [3.05, 3.63) is 71.3 Å². The summed E-state index contributed by atoms with van der Waals surface area (Å²) in [5.41, 5.74) is 0.633. The maximum Gasteiger partial charge on any atom is 0.345 e. The molecule has 0 radical (unpaired) electrons. The molecule has 1 atom stereocenters. The minimum Gasteiger partial charge on any atom is -0.479 e. The van der Waals surface area contributed by atoms with Gasteiger partial charge in [0.15, 0.2) is 0 Å². The number of halogens is 1. The van der Waals surface area contributed by atoms with Crippen LogP contribution in [0.4, 0.5) is 0 Å². The molecule has 0 spiro atoms. The van der Waals surface area contributed by atoms with E-state index in [1.165, 1.54) is 7.11 Å². The summed E-state index contributed by atoms with van der Waals surface area (Å²) in [7, 11) is 1.42. The van der Waals surface area contributed by atoms with E-state index >= 15 is 0 Å². The number of carbonyl (C=O) groups is 1. The van der Waals surface area contributed by atoms with Gasteiger partial charge in [-0.3, -0.25) is 0 Å². The molecule has 0 aliphatic rings. The summed E-state index contributed by atoms with van der Waals surface area (Å²) in [4.78, 5) is 12.0. The Morgan fingerprint density at radius 3 is 2.30 bits per heavy atom. The molecule has 3 nitrogen and oxygen atoms in total. The molecule has 4 heteroatoms. The molecule has 0 fully saturated rings. The third-order valence-corrected chi connectivity index (χ3v) is 3.93. The van der Waals surface area contributed by atoms with Gasteiger partial charge in [-0.25, -0.2) is 4.79 Å². The lowest BCUT2D eigenvalue weighted by Crippen LogP contribution is -2.39. The maximum absolute atomic E-state index is 12.0. The smallest absolute Gasteiger partial charge is 0.345 e. The number of ether oxygens (including phenoxy) is 1. The molecule has 0 aliphatic carbocycles. The van der Waals surface area contributed by atoms with Crippen molar-refractivity contribution in [2.24, 2.45) is 0 Å². The number of methoxy groups -OCH3 is 1. The normalized spacial score (nSPS) is 13.7. The third-order valence-electron chi connectivity index (χ3n) is 3.33. The van der Waals surface area contributed by atoms with Crippen molar-refractivity contribution in [2.75, 3.05) is 7.11 Å². The fraction of sp³-hybridized carbons (Fsp3) is 0.188. The van der Waals surface area contributed by atoms with Crippen LogP contribution in [0.25, 0.3) is 0 Å². The first kappa shape index (κ1) is 14.8. The topological polar surface area (TPSA) is 46.5 Å². The lowest BCUT2D eigenvalue weighted by Gasteiger charge is -2.30. The zero-order valence-electron chi connectivity index (χ0n) is 11.0. The van der Waals surface area contributed by atoms with E-state index in [4.69, 9.17) is 4.74 Å². The van der Waals surface area contributed by atoms with Crippen molar-refractivity contribution in [3.63, 3.8) is 0 Å². The first-order valence-corrected chi connectivity index (χ1v) is 7.27. The summed E-state index contributed by atoms with van der Waals surface area (Å²) in [5.74, 6) is -1.03. The van der Waals surface area contributed by atoms with Gasteiger partial charge in [-0.05, 0) is 11.1 Å². The molecule has 1 N–H and O–H groups in total. The highest BCUT2D eigenvalue weighted by Crippen LogP contribution is 2.36. The molecular formula is C16H15BrO3. The lowest BCUT2D eigenvalue weighted by atomic mass is 9.83. The third kappa shape index (κ3) is 2.37. The van der Waals surface area contributed by atoms with Gasteiger partial charge in [0.25, 0.3) is 0 Å². The largest absolute Gasteiger partial charge is 0.479 e. The summed E-state index contributed by atoms with van der Waals surface area (Å²) in [6.07, 6.45) is 0. The number of alkyl halides is 1. The molecule has 0 saturated heterocycles. The van der Waals surface area contributed by atoms with Gasteiger partial charge in [-0.15, -0.1) is 0 Å². The molecule has 0 amide bonds. The van der Waals surface area contributed by atoms with Gasteiger partial charge in [0.1, 0.15) is 0 Å². The lowest BCUT2D eigenvalue weighted by molar-refractivity contribution is -0.158. The van der Waals surface area contributed by atoms with Gasteiger partial charge in [0, 0.05) is 18.0 Å². The quantitative estimate of drug-likeness (QED) is 0.850. The van der Waals surface area contributed by atoms with E-state index in [9.17, 15) is 9.90 Å². The first-order valence-electron chi connectivity index (χ1n) is 6.15. The van der Waals surface area contributed by atoms with E-state index in [1.54, 1.807) is 18.2 Å². The van der Waals surface area contributed by atoms with Crippen molar-refractivity contribution in [1.82, 2.24) is 0 Å². The van der Waals surface area contributed by atoms with Gasteiger partial charge >= 0.3 is 5.97 Å². The molecule has 20 heavy (non-hydrogen) atoms. The molecule has 2 aromatic rings. The zero-order valence-corrected chi connectivity index (χ0v) is 12.6. The van der Waals surface area contributed by atoms with Crippen molar-refractivity contribution in [3.8, 4) is 0 Å². The Labute approximate surface area is 126 Å². The van der Waals surface area contributed by atoms with Crippen LogP contribution in [-0.4, -0.2) is 18.2 Å². The van der Waals surface area contributed by atoms with Crippen LogP contribution in [0, 0.1) is 0 Å². The summed E-state index contributed by atoms with van der Waals surface area (Å²) in [5, 5.41) is 10.4. The molecule has 2 rings (SSSR count). The Kier molecular flexibility index (Phi) is 4.57. The highest BCUT2D eigenvalue weighted by Gasteiger charge is 2.43. The van der Waals surface area contributed by atoms with Crippen LogP contribution in [0.2, 0.25) is 0 Å². The number of hydrogen-bond donors (Lipinski definition) is 1. The Hall–Kier alpha value is -1.65. The van der Waals surface area contributed by atoms with Gasteiger partial charge in [-0.2, -0.15) is 0 Å². The Balaban J connectivity index is 2.73. The minimum absolute atomic E-state index is 0.564. The summed E-state index contributed by atoms with van der Waals surface area (Å²) < 4.78 is 5.49. The number of aliphatic carboxylic acids is 1. The van der Waals surface area contributed by atoms with Gasteiger partial charge in [0.05, 0.1) is 0 Å². The van der Waals surface area contributed by atoms with Crippen LogP contribution < -0.4 is 0 Å². The fourth-order valence-electron chi connectivity index (χ4n) is 2.36. The standard InChI is InChI=1S/C16H15BrO3/c1-20-16(15(18)19,13-8-3-2-4-9-13)14-10-6-5-7-12(14)11-17/h2-10H,11H2,1H3,(H,18,19). The van der Waals surface area contributed by atoms with Crippen LogP contribution in [-0.2, 0) is 20.5 Å². The molecule has 104 valence electrons. The average molecular weight is 335 g/mol. The minimum atomic E-state index is -1.49. The highest BCUT2D eigenvalue weighted by atomic mass is 79.9. The molecular weight excluding hydrogens is 320 g/mol. The Bertz CT molecular complexity index is 598. The monoisotopic (exact) mass is 334 g/mol. The van der Waals surface area contributed by atoms with Crippen LogP contribution in [0.1, 0.15) is 16.7 Å². The SMILES string of the molecule is COC(C(=O)O)(c1ccccc1)c1ccccc1CBr. The van der Waals surface area contributed by atoms with E-state index in [-0.39, 0.29) is 0 Å². The van der Waals surface area contributed by atoms with Crippen molar-refractivity contribution in [2.45, 2.75) is 10.9 Å². The first-order chi connectivity index (χ1) is 9.66.